The van der Waals surface area contributed by atoms with E-state index in [0.29, 0.717) is 11.1 Å². The van der Waals surface area contributed by atoms with Gasteiger partial charge >= 0.3 is 0 Å². The molecule has 0 aliphatic carbocycles. The first-order chi connectivity index (χ1) is 11.7. The number of carbonyl (C=O) groups excluding carboxylic acids is 1. The van der Waals surface area contributed by atoms with Gasteiger partial charge in [0.25, 0.3) is 5.91 Å². The number of aliphatic hydroxyl groups is 1. The van der Waals surface area contributed by atoms with Gasteiger partial charge in [0, 0.05) is 22.4 Å². The van der Waals surface area contributed by atoms with Crippen LogP contribution in [0, 0.1) is 0 Å². The van der Waals surface area contributed by atoms with Crippen molar-refractivity contribution in [3.8, 4) is 0 Å². The van der Waals surface area contributed by atoms with Crippen LogP contribution >= 0.6 is 23.1 Å². The monoisotopic (exact) mass is 355 g/mol. The number of aliphatic hydroxyl groups excluding tert-OH is 1. The number of carbonyl (C=O) groups is 1. The molecule has 0 radical (unpaired) electrons. The first-order valence-electron chi connectivity index (χ1n) is 7.37. The summed E-state index contributed by atoms with van der Waals surface area (Å²) >= 11 is 2.71. The van der Waals surface area contributed by atoms with Gasteiger partial charge in [0.15, 0.2) is 0 Å². The van der Waals surface area contributed by atoms with Crippen molar-refractivity contribution >= 4 is 50.1 Å². The Labute approximate surface area is 145 Å². The smallest absolute Gasteiger partial charge is 0.251 e. The fourth-order valence-electron chi connectivity index (χ4n) is 2.58. The number of nitrogens with one attached hydrogen (secondary N) is 1. The second kappa shape index (κ2) is 6.27. The minimum absolute atomic E-state index is 0.160. The molecule has 1 atom stereocenters. The van der Waals surface area contributed by atoms with Crippen LogP contribution in [0.2, 0.25) is 0 Å². The van der Waals surface area contributed by atoms with E-state index < -0.39 is 6.10 Å². The predicted molar refractivity (Wildman–Crippen MR) is 96.5 cm³/mol. The van der Waals surface area contributed by atoms with Crippen LogP contribution in [0.1, 0.15) is 22.0 Å². The van der Waals surface area contributed by atoms with Crippen molar-refractivity contribution in [1.29, 1.82) is 0 Å². The van der Waals surface area contributed by atoms with Crippen molar-refractivity contribution in [3.05, 3.63) is 59.0 Å². The van der Waals surface area contributed by atoms with Crippen molar-refractivity contribution in [3.63, 3.8) is 0 Å². The van der Waals surface area contributed by atoms with Gasteiger partial charge in [-0.1, -0.05) is 18.2 Å². The van der Waals surface area contributed by atoms with Crippen LogP contribution in [0.15, 0.2) is 47.8 Å². The topological polar surface area (TPSA) is 75.1 Å². The van der Waals surface area contributed by atoms with E-state index in [9.17, 15) is 9.90 Å². The summed E-state index contributed by atoms with van der Waals surface area (Å²) < 4.78 is 9.37. The molecule has 2 aromatic heterocycles. The third kappa shape index (κ3) is 2.77. The zero-order valence-corrected chi connectivity index (χ0v) is 14.1. The van der Waals surface area contributed by atoms with Crippen LogP contribution < -0.4 is 5.32 Å². The average molecular weight is 355 g/mol. The molecular formula is C17H13N3O2S2. The fraction of sp³-hybridized carbons (Fsp3) is 0.118. The minimum Gasteiger partial charge on any atom is -0.387 e. The molecule has 0 bridgehead atoms. The maximum absolute atomic E-state index is 12.3. The molecule has 2 aromatic carbocycles. The maximum atomic E-state index is 12.3. The van der Waals surface area contributed by atoms with Gasteiger partial charge in [0.2, 0.25) is 0 Å². The standard InChI is InChI=1S/C17H13N3O2S2/c21-15(12-9-23-16-4-2-1-3-11(12)16)8-18-17(22)10-5-6-13-14(7-10)20-24-19-13/h1-7,9,15,21H,8H2,(H,18,22). The molecule has 7 heteroatoms. The molecule has 1 amide bonds. The zero-order chi connectivity index (χ0) is 16.5. The Balaban J connectivity index is 1.48. The van der Waals surface area contributed by atoms with Gasteiger partial charge in [-0.25, -0.2) is 0 Å². The van der Waals surface area contributed by atoms with E-state index in [0.717, 1.165) is 32.9 Å². The molecule has 24 heavy (non-hydrogen) atoms. The highest BCUT2D eigenvalue weighted by atomic mass is 32.1. The van der Waals surface area contributed by atoms with Gasteiger partial charge in [-0.15, -0.1) is 11.3 Å². The van der Waals surface area contributed by atoms with Crippen LogP contribution in [0.4, 0.5) is 0 Å². The van der Waals surface area contributed by atoms with Crippen LogP contribution in [0.25, 0.3) is 21.1 Å². The van der Waals surface area contributed by atoms with Crippen molar-refractivity contribution in [2.75, 3.05) is 6.54 Å². The molecule has 2 heterocycles. The second-order valence-electron chi connectivity index (χ2n) is 5.38. The van der Waals surface area contributed by atoms with E-state index in [2.05, 4.69) is 14.1 Å². The van der Waals surface area contributed by atoms with Crippen LogP contribution in [0.3, 0.4) is 0 Å². The summed E-state index contributed by atoms with van der Waals surface area (Å²) in [6.45, 7) is 0.160. The Morgan fingerprint density at radius 3 is 2.92 bits per heavy atom. The maximum Gasteiger partial charge on any atom is 0.251 e. The minimum atomic E-state index is -0.741. The molecule has 1 unspecified atom stereocenters. The van der Waals surface area contributed by atoms with Crippen LogP contribution in [0.5, 0.6) is 0 Å². The number of hydrogen-bond donors (Lipinski definition) is 2. The lowest BCUT2D eigenvalue weighted by Crippen LogP contribution is -2.28. The van der Waals surface area contributed by atoms with Gasteiger partial charge in [0.05, 0.1) is 17.8 Å². The highest BCUT2D eigenvalue weighted by Gasteiger charge is 2.15. The number of hydrogen-bond acceptors (Lipinski definition) is 6. The number of fused-ring (bicyclic) bond motifs is 2. The molecule has 4 aromatic rings. The largest absolute Gasteiger partial charge is 0.387 e. The van der Waals surface area contributed by atoms with Gasteiger partial charge in [-0.2, -0.15) is 8.75 Å². The predicted octanol–water partition coefficient (Wildman–Crippen LogP) is 3.37. The first kappa shape index (κ1) is 15.2. The van der Waals surface area contributed by atoms with Crippen LogP contribution in [-0.4, -0.2) is 26.3 Å². The summed E-state index contributed by atoms with van der Waals surface area (Å²) in [4.78, 5) is 12.3. The summed E-state index contributed by atoms with van der Waals surface area (Å²) in [5.41, 5.74) is 2.84. The third-order valence-corrected chi connectivity index (χ3v) is 5.38. The molecule has 0 saturated heterocycles. The molecular weight excluding hydrogens is 342 g/mol. The summed E-state index contributed by atoms with van der Waals surface area (Å²) in [7, 11) is 0. The lowest BCUT2D eigenvalue weighted by Gasteiger charge is -2.11. The molecule has 2 N–H and O–H groups in total. The Hall–Kier alpha value is -2.35. The van der Waals surface area contributed by atoms with Crippen LogP contribution in [-0.2, 0) is 0 Å². The summed E-state index contributed by atoms with van der Waals surface area (Å²) in [6, 6.07) is 13.1. The number of benzene rings is 2. The normalized spacial score (nSPS) is 12.5. The van der Waals surface area contributed by atoms with Crippen molar-refractivity contribution in [1.82, 2.24) is 14.1 Å². The SMILES string of the molecule is O=C(NCC(O)c1csc2ccccc12)c1ccc2nsnc2c1. The van der Waals surface area contributed by atoms with Crippen molar-refractivity contribution in [2.24, 2.45) is 0 Å². The van der Waals surface area contributed by atoms with E-state index >= 15 is 0 Å². The summed E-state index contributed by atoms with van der Waals surface area (Å²) in [5, 5.41) is 16.2. The summed E-state index contributed by atoms with van der Waals surface area (Å²) in [5.74, 6) is -0.233. The number of thiophene rings is 1. The molecule has 120 valence electrons. The molecule has 0 spiro atoms. The molecule has 0 aliphatic rings. The van der Waals surface area contributed by atoms with Crippen molar-refractivity contribution < 1.29 is 9.90 Å². The molecule has 0 fully saturated rings. The first-order valence-corrected chi connectivity index (χ1v) is 8.98. The third-order valence-electron chi connectivity index (χ3n) is 3.84. The lowest BCUT2D eigenvalue weighted by molar-refractivity contribution is 0.0917. The number of aromatic nitrogens is 2. The molecule has 0 aliphatic heterocycles. The lowest BCUT2D eigenvalue weighted by atomic mass is 10.1. The highest BCUT2D eigenvalue weighted by molar-refractivity contribution is 7.17. The highest BCUT2D eigenvalue weighted by Crippen LogP contribution is 2.29. The Bertz CT molecular complexity index is 1020. The average Bonchev–Trinajstić information content (AvgIpc) is 3.25. The van der Waals surface area contributed by atoms with Crippen molar-refractivity contribution in [2.45, 2.75) is 6.10 Å². The van der Waals surface area contributed by atoms with Gasteiger partial charge in [-0.3, -0.25) is 4.79 Å². The second-order valence-corrected chi connectivity index (χ2v) is 6.82. The Kier molecular flexibility index (Phi) is 3.97. The number of rotatable bonds is 4. The van der Waals surface area contributed by atoms with E-state index in [-0.39, 0.29) is 12.5 Å². The van der Waals surface area contributed by atoms with Gasteiger partial charge < -0.3 is 10.4 Å². The molecule has 4 rings (SSSR count). The quantitative estimate of drug-likeness (QED) is 0.588. The van der Waals surface area contributed by atoms with E-state index in [1.807, 2.05) is 29.6 Å². The van der Waals surface area contributed by atoms with E-state index in [1.54, 1.807) is 29.5 Å². The number of nitrogens with zero attached hydrogens (tertiary/aromatic N) is 2. The molecule has 5 nitrogen and oxygen atoms in total. The van der Waals surface area contributed by atoms with Gasteiger partial charge in [0.1, 0.15) is 11.0 Å². The van der Waals surface area contributed by atoms with E-state index in [4.69, 9.17) is 0 Å². The summed E-state index contributed by atoms with van der Waals surface area (Å²) in [6.07, 6.45) is -0.741. The Morgan fingerprint density at radius 2 is 2.00 bits per heavy atom. The number of amides is 1. The van der Waals surface area contributed by atoms with E-state index in [1.165, 1.54) is 0 Å². The molecule has 0 saturated carbocycles. The zero-order valence-electron chi connectivity index (χ0n) is 12.5. The fourth-order valence-corrected chi connectivity index (χ4v) is 4.11. The Morgan fingerprint density at radius 1 is 1.17 bits per heavy atom. The van der Waals surface area contributed by atoms with Gasteiger partial charge in [-0.05, 0) is 35.0 Å².